The first-order valence-electron chi connectivity index (χ1n) is 6.33. The lowest BCUT2D eigenvalue weighted by Crippen LogP contribution is -2.34. The molecule has 1 aliphatic heterocycles. The number of hydrogen-bond donors (Lipinski definition) is 2. The van der Waals surface area contributed by atoms with Crippen molar-refractivity contribution in [3.63, 3.8) is 0 Å². The smallest absolute Gasteiger partial charge is 0.324 e. The van der Waals surface area contributed by atoms with Crippen molar-refractivity contribution in [3.8, 4) is 0 Å². The van der Waals surface area contributed by atoms with Crippen molar-refractivity contribution >= 4 is 35.2 Å². The lowest BCUT2D eigenvalue weighted by Gasteiger charge is -2.14. The Kier molecular flexibility index (Phi) is 3.38. The molecule has 2 N–H and O–H groups in total. The molecule has 0 radical (unpaired) electrons. The van der Waals surface area contributed by atoms with E-state index < -0.39 is 17.9 Å². The fourth-order valence-corrected chi connectivity index (χ4v) is 2.38. The number of anilines is 1. The number of carboxylic acids is 1. The quantitative estimate of drug-likeness (QED) is 0.871. The van der Waals surface area contributed by atoms with Gasteiger partial charge in [-0.15, -0.1) is 5.10 Å². The van der Waals surface area contributed by atoms with E-state index in [1.165, 1.54) is 9.42 Å². The normalized spacial score (nSPS) is 18.1. The number of nitrogens with one attached hydrogen (secondary N) is 1. The SMILES string of the molecule is O=C(O)C1CCN(C(=O)Nc2nc3cc(Cl)ccn3n2)C1. The van der Waals surface area contributed by atoms with Gasteiger partial charge in [-0.3, -0.25) is 10.1 Å². The van der Waals surface area contributed by atoms with Gasteiger partial charge in [0.05, 0.1) is 5.92 Å². The fourth-order valence-electron chi connectivity index (χ4n) is 2.23. The summed E-state index contributed by atoms with van der Waals surface area (Å²) in [5.41, 5.74) is 0.516. The average molecular weight is 310 g/mol. The maximum absolute atomic E-state index is 12.0. The highest BCUT2D eigenvalue weighted by Gasteiger charge is 2.31. The molecule has 21 heavy (non-hydrogen) atoms. The molecule has 2 aromatic heterocycles. The summed E-state index contributed by atoms with van der Waals surface area (Å²) < 4.78 is 1.49. The van der Waals surface area contributed by atoms with Crippen molar-refractivity contribution in [3.05, 3.63) is 23.4 Å². The number of likely N-dealkylation sites (tertiary alicyclic amines) is 1. The van der Waals surface area contributed by atoms with Gasteiger partial charge in [-0.1, -0.05) is 11.6 Å². The van der Waals surface area contributed by atoms with Crippen LogP contribution in [0.15, 0.2) is 18.3 Å². The number of fused-ring (bicyclic) bond motifs is 1. The van der Waals surface area contributed by atoms with Crippen LogP contribution in [-0.4, -0.2) is 49.7 Å². The number of nitrogens with zero attached hydrogens (tertiary/aromatic N) is 4. The molecule has 9 heteroatoms. The lowest BCUT2D eigenvalue weighted by atomic mass is 10.1. The molecule has 3 rings (SSSR count). The van der Waals surface area contributed by atoms with Crippen LogP contribution >= 0.6 is 11.6 Å². The van der Waals surface area contributed by atoms with E-state index in [0.717, 1.165) is 0 Å². The Morgan fingerprint density at radius 3 is 3.00 bits per heavy atom. The Hall–Kier alpha value is -2.35. The van der Waals surface area contributed by atoms with Gasteiger partial charge >= 0.3 is 12.0 Å². The Morgan fingerprint density at radius 2 is 2.29 bits per heavy atom. The van der Waals surface area contributed by atoms with E-state index >= 15 is 0 Å². The van der Waals surface area contributed by atoms with Gasteiger partial charge in [-0.25, -0.2) is 9.31 Å². The molecule has 2 amide bonds. The number of amides is 2. The van der Waals surface area contributed by atoms with Crippen LogP contribution in [0.4, 0.5) is 10.7 Å². The van der Waals surface area contributed by atoms with Crippen LogP contribution in [0.2, 0.25) is 5.02 Å². The first kappa shape index (κ1) is 13.6. The standard InChI is InChI=1S/C12H12ClN5O3/c13-8-2-4-18-9(5-8)14-11(16-18)15-12(21)17-3-1-7(6-17)10(19)20/h2,4-5,7H,1,3,6H2,(H,19,20)(H,15,16,21). The van der Waals surface area contributed by atoms with E-state index in [4.69, 9.17) is 16.7 Å². The van der Waals surface area contributed by atoms with Crippen molar-refractivity contribution in [1.29, 1.82) is 0 Å². The summed E-state index contributed by atoms with van der Waals surface area (Å²) >= 11 is 5.85. The van der Waals surface area contributed by atoms with Crippen LogP contribution in [-0.2, 0) is 4.79 Å². The third kappa shape index (κ3) is 2.75. The number of aromatic nitrogens is 3. The fraction of sp³-hybridized carbons (Fsp3) is 0.333. The third-order valence-corrected chi connectivity index (χ3v) is 3.58. The number of carboxylic acid groups (broad SMARTS) is 1. The summed E-state index contributed by atoms with van der Waals surface area (Å²) in [4.78, 5) is 28.5. The van der Waals surface area contributed by atoms with E-state index in [-0.39, 0.29) is 12.5 Å². The largest absolute Gasteiger partial charge is 0.481 e. The number of carbonyl (C=O) groups excluding carboxylic acids is 1. The summed E-state index contributed by atoms with van der Waals surface area (Å²) in [5, 5.41) is 16.1. The minimum absolute atomic E-state index is 0.154. The summed E-state index contributed by atoms with van der Waals surface area (Å²) in [6.45, 7) is 0.600. The molecular formula is C12H12ClN5O3. The number of pyridine rings is 1. The Morgan fingerprint density at radius 1 is 1.48 bits per heavy atom. The number of rotatable bonds is 2. The van der Waals surface area contributed by atoms with E-state index in [1.54, 1.807) is 18.3 Å². The Balaban J connectivity index is 1.70. The molecule has 0 aromatic carbocycles. The zero-order valence-electron chi connectivity index (χ0n) is 10.9. The van der Waals surface area contributed by atoms with Crippen molar-refractivity contribution in [2.45, 2.75) is 6.42 Å². The minimum atomic E-state index is -0.884. The van der Waals surface area contributed by atoms with Crippen molar-refractivity contribution < 1.29 is 14.7 Å². The summed E-state index contributed by atoms with van der Waals surface area (Å²) in [6, 6.07) is 2.88. The summed E-state index contributed by atoms with van der Waals surface area (Å²) in [6.07, 6.45) is 2.09. The number of aliphatic carboxylic acids is 1. The van der Waals surface area contributed by atoms with E-state index in [1.807, 2.05) is 0 Å². The van der Waals surface area contributed by atoms with Gasteiger partial charge < -0.3 is 10.0 Å². The lowest BCUT2D eigenvalue weighted by molar-refractivity contribution is -0.141. The second-order valence-electron chi connectivity index (χ2n) is 4.78. The van der Waals surface area contributed by atoms with Crippen LogP contribution in [0.1, 0.15) is 6.42 Å². The number of halogens is 1. The van der Waals surface area contributed by atoms with Crippen LogP contribution in [0.3, 0.4) is 0 Å². The molecule has 110 valence electrons. The average Bonchev–Trinajstić information content (AvgIpc) is 3.03. The van der Waals surface area contributed by atoms with Crippen LogP contribution in [0.5, 0.6) is 0 Å². The molecule has 0 aliphatic carbocycles. The van der Waals surface area contributed by atoms with Gasteiger partial charge in [0.2, 0.25) is 0 Å². The predicted octanol–water partition coefficient (Wildman–Crippen LogP) is 1.32. The molecule has 1 unspecified atom stereocenters. The van der Waals surface area contributed by atoms with Crippen LogP contribution < -0.4 is 5.32 Å². The topological polar surface area (TPSA) is 99.8 Å². The molecule has 0 saturated carbocycles. The first-order chi connectivity index (χ1) is 10.0. The van der Waals surface area contributed by atoms with E-state index in [2.05, 4.69) is 15.4 Å². The van der Waals surface area contributed by atoms with Gasteiger partial charge in [-0.05, 0) is 12.5 Å². The highest BCUT2D eigenvalue weighted by Crippen LogP contribution is 2.18. The zero-order chi connectivity index (χ0) is 15.0. The molecular weight excluding hydrogens is 298 g/mol. The monoisotopic (exact) mass is 309 g/mol. The molecule has 3 heterocycles. The summed E-state index contributed by atoms with van der Waals surface area (Å²) in [7, 11) is 0. The number of carbonyl (C=O) groups is 2. The molecule has 1 saturated heterocycles. The minimum Gasteiger partial charge on any atom is -0.481 e. The van der Waals surface area contributed by atoms with Gasteiger partial charge in [0.25, 0.3) is 5.95 Å². The van der Waals surface area contributed by atoms with E-state index in [9.17, 15) is 9.59 Å². The van der Waals surface area contributed by atoms with Crippen LogP contribution in [0.25, 0.3) is 5.65 Å². The van der Waals surface area contributed by atoms with Crippen molar-refractivity contribution in [2.24, 2.45) is 5.92 Å². The second kappa shape index (κ2) is 5.21. The van der Waals surface area contributed by atoms with Gasteiger partial charge in [0, 0.05) is 30.4 Å². The van der Waals surface area contributed by atoms with Crippen molar-refractivity contribution in [1.82, 2.24) is 19.5 Å². The number of urea groups is 1. The molecule has 0 spiro atoms. The molecule has 1 aliphatic rings. The first-order valence-corrected chi connectivity index (χ1v) is 6.71. The second-order valence-corrected chi connectivity index (χ2v) is 5.22. The van der Waals surface area contributed by atoms with Crippen LogP contribution in [0, 0.1) is 5.92 Å². The molecule has 8 nitrogen and oxygen atoms in total. The number of hydrogen-bond acceptors (Lipinski definition) is 4. The Bertz CT molecular complexity index is 716. The van der Waals surface area contributed by atoms with Gasteiger partial charge in [0.1, 0.15) is 0 Å². The van der Waals surface area contributed by atoms with Gasteiger partial charge in [-0.2, -0.15) is 4.98 Å². The zero-order valence-corrected chi connectivity index (χ0v) is 11.6. The molecule has 1 atom stereocenters. The third-order valence-electron chi connectivity index (χ3n) is 3.34. The predicted molar refractivity (Wildman–Crippen MR) is 74.3 cm³/mol. The highest BCUT2D eigenvalue weighted by atomic mass is 35.5. The maximum atomic E-state index is 12.0. The maximum Gasteiger partial charge on any atom is 0.324 e. The van der Waals surface area contributed by atoms with Gasteiger partial charge in [0.15, 0.2) is 5.65 Å². The molecule has 1 fully saturated rings. The van der Waals surface area contributed by atoms with E-state index in [0.29, 0.717) is 23.6 Å². The summed E-state index contributed by atoms with van der Waals surface area (Å²) in [5.74, 6) is -1.24. The molecule has 0 bridgehead atoms. The van der Waals surface area contributed by atoms with Crippen molar-refractivity contribution in [2.75, 3.05) is 18.4 Å². The highest BCUT2D eigenvalue weighted by molar-refractivity contribution is 6.30. The molecule has 2 aromatic rings. The Labute approximate surface area is 124 Å².